The summed E-state index contributed by atoms with van der Waals surface area (Å²) >= 11 is 5.98. The van der Waals surface area contributed by atoms with Gasteiger partial charge in [-0.25, -0.2) is 0 Å². The summed E-state index contributed by atoms with van der Waals surface area (Å²) < 4.78 is 0. The fourth-order valence-corrected chi connectivity index (χ4v) is 2.55. The van der Waals surface area contributed by atoms with Gasteiger partial charge in [-0.05, 0) is 37.5 Å². The second kappa shape index (κ2) is 5.07. The van der Waals surface area contributed by atoms with Crippen molar-refractivity contribution in [1.29, 1.82) is 0 Å². The van der Waals surface area contributed by atoms with E-state index in [0.29, 0.717) is 5.02 Å². The van der Waals surface area contributed by atoms with E-state index >= 15 is 0 Å². The number of benzene rings is 1. The highest BCUT2D eigenvalue weighted by atomic mass is 35.5. The van der Waals surface area contributed by atoms with Gasteiger partial charge in [0.1, 0.15) is 0 Å². The molecule has 17 heavy (non-hydrogen) atoms. The maximum Gasteiger partial charge on any atom is 0.239 e. The van der Waals surface area contributed by atoms with Crippen molar-refractivity contribution in [1.82, 2.24) is 4.90 Å². The van der Waals surface area contributed by atoms with E-state index in [2.05, 4.69) is 0 Å². The Hall–Kier alpha value is -1.06. The van der Waals surface area contributed by atoms with Gasteiger partial charge >= 0.3 is 0 Å². The molecule has 2 atom stereocenters. The van der Waals surface area contributed by atoms with Gasteiger partial charge in [-0.2, -0.15) is 0 Å². The molecule has 0 bridgehead atoms. The SMILES string of the molecule is C[C@@H](N)C(=O)N1CCCC1c1cccc(Cl)c1. The zero-order valence-corrected chi connectivity index (χ0v) is 10.7. The zero-order chi connectivity index (χ0) is 12.4. The summed E-state index contributed by atoms with van der Waals surface area (Å²) in [6.07, 6.45) is 2.01. The van der Waals surface area contributed by atoms with Crippen LogP contribution in [0.5, 0.6) is 0 Å². The maximum atomic E-state index is 12.0. The molecule has 1 aromatic carbocycles. The van der Waals surface area contributed by atoms with Gasteiger partial charge in [0.25, 0.3) is 0 Å². The van der Waals surface area contributed by atoms with Crippen molar-refractivity contribution >= 4 is 17.5 Å². The predicted molar refractivity (Wildman–Crippen MR) is 68.8 cm³/mol. The first-order valence-corrected chi connectivity index (χ1v) is 6.29. The molecule has 1 saturated heterocycles. The first-order valence-electron chi connectivity index (χ1n) is 5.91. The fourth-order valence-electron chi connectivity index (χ4n) is 2.35. The van der Waals surface area contributed by atoms with Gasteiger partial charge in [0.2, 0.25) is 5.91 Å². The summed E-state index contributed by atoms with van der Waals surface area (Å²) in [5, 5.41) is 0.711. The van der Waals surface area contributed by atoms with E-state index in [1.165, 1.54) is 0 Å². The van der Waals surface area contributed by atoms with Crippen LogP contribution in [0.15, 0.2) is 24.3 Å². The fraction of sp³-hybridized carbons (Fsp3) is 0.462. The third kappa shape index (κ3) is 2.61. The molecule has 0 aromatic heterocycles. The van der Waals surface area contributed by atoms with E-state index in [0.717, 1.165) is 24.9 Å². The number of nitrogens with zero attached hydrogens (tertiary/aromatic N) is 1. The number of carbonyl (C=O) groups is 1. The van der Waals surface area contributed by atoms with Gasteiger partial charge in [0.15, 0.2) is 0 Å². The Kier molecular flexibility index (Phi) is 3.69. The van der Waals surface area contributed by atoms with Crippen LogP contribution >= 0.6 is 11.6 Å². The number of nitrogens with two attached hydrogens (primary N) is 1. The molecule has 4 heteroatoms. The summed E-state index contributed by atoms with van der Waals surface area (Å²) in [5.74, 6) is 0.0208. The summed E-state index contributed by atoms with van der Waals surface area (Å²) in [6.45, 7) is 2.52. The number of hydrogen-bond donors (Lipinski definition) is 1. The molecule has 3 nitrogen and oxygen atoms in total. The number of likely N-dealkylation sites (tertiary alicyclic amines) is 1. The number of halogens is 1. The molecule has 2 rings (SSSR count). The van der Waals surface area contributed by atoms with Crippen LogP contribution in [0.4, 0.5) is 0 Å². The van der Waals surface area contributed by atoms with Gasteiger partial charge in [-0.1, -0.05) is 23.7 Å². The molecule has 1 aliphatic heterocycles. The minimum atomic E-state index is -0.435. The van der Waals surface area contributed by atoms with Crippen LogP contribution in [-0.2, 0) is 4.79 Å². The zero-order valence-electron chi connectivity index (χ0n) is 9.90. The minimum Gasteiger partial charge on any atom is -0.334 e. The molecule has 0 spiro atoms. The second-order valence-corrected chi connectivity index (χ2v) is 4.97. The minimum absolute atomic E-state index is 0.0208. The average Bonchev–Trinajstić information content (AvgIpc) is 2.76. The van der Waals surface area contributed by atoms with E-state index in [1.807, 2.05) is 29.2 Å². The molecule has 1 unspecified atom stereocenters. The largest absolute Gasteiger partial charge is 0.334 e. The van der Waals surface area contributed by atoms with Crippen LogP contribution in [0.3, 0.4) is 0 Å². The number of hydrogen-bond acceptors (Lipinski definition) is 2. The van der Waals surface area contributed by atoms with E-state index < -0.39 is 6.04 Å². The molecule has 1 amide bonds. The van der Waals surface area contributed by atoms with Crippen LogP contribution in [0.25, 0.3) is 0 Å². The van der Waals surface area contributed by atoms with E-state index in [1.54, 1.807) is 6.92 Å². The lowest BCUT2D eigenvalue weighted by Crippen LogP contribution is -2.41. The molecular formula is C13H17ClN2O. The van der Waals surface area contributed by atoms with Crippen molar-refractivity contribution in [3.63, 3.8) is 0 Å². The monoisotopic (exact) mass is 252 g/mol. The molecule has 1 aromatic rings. The molecular weight excluding hydrogens is 236 g/mol. The molecule has 1 aliphatic rings. The van der Waals surface area contributed by atoms with Crippen molar-refractivity contribution in [2.75, 3.05) is 6.54 Å². The Labute approximate surface area is 107 Å². The lowest BCUT2D eigenvalue weighted by Gasteiger charge is -2.26. The quantitative estimate of drug-likeness (QED) is 0.878. The van der Waals surface area contributed by atoms with Crippen LogP contribution in [0.1, 0.15) is 31.4 Å². The Morgan fingerprint density at radius 2 is 2.35 bits per heavy atom. The van der Waals surface area contributed by atoms with Gasteiger partial charge in [0.05, 0.1) is 12.1 Å². The van der Waals surface area contributed by atoms with Gasteiger partial charge < -0.3 is 10.6 Å². The van der Waals surface area contributed by atoms with Crippen molar-refractivity contribution < 1.29 is 4.79 Å². The normalized spacial score (nSPS) is 21.6. The summed E-state index contributed by atoms with van der Waals surface area (Å²) in [6, 6.07) is 7.41. The Bertz CT molecular complexity index is 420. The topological polar surface area (TPSA) is 46.3 Å². The Morgan fingerprint density at radius 3 is 3.00 bits per heavy atom. The Morgan fingerprint density at radius 1 is 1.59 bits per heavy atom. The van der Waals surface area contributed by atoms with E-state index in [-0.39, 0.29) is 11.9 Å². The first-order chi connectivity index (χ1) is 8.09. The van der Waals surface area contributed by atoms with Crippen molar-refractivity contribution in [3.05, 3.63) is 34.9 Å². The summed E-state index contributed by atoms with van der Waals surface area (Å²) in [4.78, 5) is 13.9. The maximum absolute atomic E-state index is 12.0. The lowest BCUT2D eigenvalue weighted by atomic mass is 10.0. The van der Waals surface area contributed by atoms with E-state index in [9.17, 15) is 4.79 Å². The highest BCUT2D eigenvalue weighted by Gasteiger charge is 2.31. The molecule has 92 valence electrons. The highest BCUT2D eigenvalue weighted by molar-refractivity contribution is 6.30. The molecule has 0 aliphatic carbocycles. The highest BCUT2D eigenvalue weighted by Crippen LogP contribution is 2.33. The van der Waals surface area contributed by atoms with Crippen LogP contribution < -0.4 is 5.73 Å². The smallest absolute Gasteiger partial charge is 0.239 e. The average molecular weight is 253 g/mol. The number of amides is 1. The van der Waals surface area contributed by atoms with Crippen LogP contribution in [0, 0.1) is 0 Å². The molecule has 0 saturated carbocycles. The van der Waals surface area contributed by atoms with Gasteiger partial charge in [-0.15, -0.1) is 0 Å². The van der Waals surface area contributed by atoms with Gasteiger partial charge in [0, 0.05) is 11.6 Å². The number of carbonyl (C=O) groups excluding carboxylic acids is 1. The molecule has 2 N–H and O–H groups in total. The second-order valence-electron chi connectivity index (χ2n) is 4.53. The van der Waals surface area contributed by atoms with E-state index in [4.69, 9.17) is 17.3 Å². The third-order valence-electron chi connectivity index (χ3n) is 3.16. The molecule has 1 heterocycles. The van der Waals surface area contributed by atoms with Gasteiger partial charge in [-0.3, -0.25) is 4.79 Å². The van der Waals surface area contributed by atoms with Crippen molar-refractivity contribution in [3.8, 4) is 0 Å². The lowest BCUT2D eigenvalue weighted by molar-refractivity contribution is -0.133. The summed E-state index contributed by atoms with van der Waals surface area (Å²) in [5.41, 5.74) is 6.77. The standard InChI is InChI=1S/C13H17ClN2O/c1-9(15)13(17)16-7-3-6-12(16)10-4-2-5-11(14)8-10/h2,4-5,8-9,12H,3,6-7,15H2,1H3/t9-,12?/m1/s1. The van der Waals surface area contributed by atoms with Crippen molar-refractivity contribution in [2.24, 2.45) is 5.73 Å². The summed E-state index contributed by atoms with van der Waals surface area (Å²) in [7, 11) is 0. The van der Waals surface area contributed by atoms with Crippen LogP contribution in [0.2, 0.25) is 5.02 Å². The predicted octanol–water partition coefficient (Wildman–Crippen LogP) is 2.35. The van der Waals surface area contributed by atoms with Crippen molar-refractivity contribution in [2.45, 2.75) is 31.8 Å². The first kappa shape index (κ1) is 12.4. The Balaban J connectivity index is 2.23. The van der Waals surface area contributed by atoms with Crippen LogP contribution in [-0.4, -0.2) is 23.4 Å². The number of rotatable bonds is 2. The molecule has 0 radical (unpaired) electrons. The third-order valence-corrected chi connectivity index (χ3v) is 3.39. The molecule has 1 fully saturated rings.